The van der Waals surface area contributed by atoms with Gasteiger partial charge in [0.2, 0.25) is 0 Å². The number of nitrogens with zero attached hydrogens (tertiary/aromatic N) is 1. The van der Waals surface area contributed by atoms with Gasteiger partial charge in [-0.05, 0) is 24.4 Å². The average Bonchev–Trinajstić information content (AvgIpc) is 2.74. The Hall–Kier alpha value is -3.25. The Labute approximate surface area is 173 Å². The van der Waals surface area contributed by atoms with E-state index in [4.69, 9.17) is 26.8 Å². The van der Waals surface area contributed by atoms with E-state index in [1.807, 2.05) is 49.4 Å². The number of methoxy groups -OCH3 is 1. The third kappa shape index (κ3) is 4.27. The lowest BCUT2D eigenvalue weighted by Gasteiger charge is -2.22. The van der Waals surface area contributed by atoms with Crippen LogP contribution < -0.4 is 15.4 Å². The Morgan fingerprint density at radius 3 is 2.55 bits per heavy atom. The number of benzene rings is 3. The second-order valence-corrected chi connectivity index (χ2v) is 6.69. The Morgan fingerprint density at radius 2 is 1.83 bits per heavy atom. The van der Waals surface area contributed by atoms with Gasteiger partial charge in [0.15, 0.2) is 6.61 Å². The van der Waals surface area contributed by atoms with Crippen molar-refractivity contribution in [1.29, 1.82) is 0 Å². The fraction of sp³-hybridized carbons (Fsp3) is 0.182. The number of hydrogen-bond acceptors (Lipinski definition) is 5. The molecule has 0 aliphatic heterocycles. The topological polar surface area (TPSA) is 81.9 Å². The summed E-state index contributed by atoms with van der Waals surface area (Å²) in [5.41, 5.74) is 6.88. The van der Waals surface area contributed by atoms with Crippen molar-refractivity contribution in [2.24, 2.45) is 0 Å². The number of anilines is 2. The lowest BCUT2D eigenvalue weighted by molar-refractivity contribution is -0.121. The molecule has 3 aromatic carbocycles. The molecule has 0 spiro atoms. The molecule has 0 saturated heterocycles. The molecule has 150 valence electrons. The van der Waals surface area contributed by atoms with Gasteiger partial charge in [0.05, 0.1) is 23.5 Å². The summed E-state index contributed by atoms with van der Waals surface area (Å²) in [6.07, 6.45) is 0. The molecule has 0 aromatic heterocycles. The quantitative estimate of drug-likeness (QED) is 0.482. The number of carbonyl (C=O) groups excluding carboxylic acids is 2. The van der Waals surface area contributed by atoms with Crippen LogP contribution in [0, 0.1) is 0 Å². The molecule has 0 aliphatic rings. The van der Waals surface area contributed by atoms with Gasteiger partial charge in [-0.1, -0.05) is 48.0 Å². The predicted molar refractivity (Wildman–Crippen MR) is 115 cm³/mol. The van der Waals surface area contributed by atoms with Crippen LogP contribution in [-0.2, 0) is 9.53 Å². The highest BCUT2D eigenvalue weighted by Gasteiger charge is 2.21. The minimum atomic E-state index is -0.717. The lowest BCUT2D eigenvalue weighted by Crippen LogP contribution is -2.34. The number of amides is 1. The van der Waals surface area contributed by atoms with Crippen molar-refractivity contribution in [2.45, 2.75) is 6.92 Å². The highest BCUT2D eigenvalue weighted by atomic mass is 35.5. The van der Waals surface area contributed by atoms with Crippen LogP contribution in [0.15, 0.2) is 54.6 Å². The molecule has 0 fully saturated rings. The third-order valence-electron chi connectivity index (χ3n) is 4.54. The molecule has 3 rings (SSSR count). The summed E-state index contributed by atoms with van der Waals surface area (Å²) >= 11 is 5.99. The highest BCUT2D eigenvalue weighted by molar-refractivity contribution is 6.33. The summed E-state index contributed by atoms with van der Waals surface area (Å²) in [6.45, 7) is 1.88. The second kappa shape index (κ2) is 8.84. The standard InChI is InChI=1S/C22H21ClN2O4/c1-3-25(19-10-6-8-14-7-4-5-9-15(14)19)21(26)13-29-22(27)16-11-17(23)18(24)12-20(16)28-2/h4-12H,3,13,24H2,1-2H3. The number of ether oxygens (including phenoxy) is 2. The van der Waals surface area contributed by atoms with Crippen LogP contribution in [0.1, 0.15) is 17.3 Å². The Morgan fingerprint density at radius 1 is 1.10 bits per heavy atom. The number of nitrogen functional groups attached to an aromatic ring is 1. The van der Waals surface area contributed by atoms with E-state index in [-0.39, 0.29) is 27.9 Å². The predicted octanol–water partition coefficient (Wildman–Crippen LogP) is 4.29. The molecule has 2 N–H and O–H groups in total. The van der Waals surface area contributed by atoms with E-state index >= 15 is 0 Å². The van der Waals surface area contributed by atoms with Gasteiger partial charge in [-0.2, -0.15) is 0 Å². The minimum Gasteiger partial charge on any atom is -0.496 e. The zero-order valence-electron chi connectivity index (χ0n) is 16.1. The molecule has 0 unspecified atom stereocenters. The molecule has 1 amide bonds. The Balaban J connectivity index is 1.79. The summed E-state index contributed by atoms with van der Waals surface area (Å²) in [6, 6.07) is 16.3. The van der Waals surface area contributed by atoms with Crippen LogP contribution in [0.3, 0.4) is 0 Å². The van der Waals surface area contributed by atoms with Crippen molar-refractivity contribution in [1.82, 2.24) is 0 Å². The SMILES string of the molecule is CCN(C(=O)COC(=O)c1cc(Cl)c(N)cc1OC)c1cccc2ccccc12. The van der Waals surface area contributed by atoms with E-state index in [2.05, 4.69) is 0 Å². The van der Waals surface area contributed by atoms with Crippen LogP contribution >= 0.6 is 11.6 Å². The van der Waals surface area contributed by atoms with Gasteiger partial charge >= 0.3 is 5.97 Å². The normalized spacial score (nSPS) is 10.6. The van der Waals surface area contributed by atoms with E-state index in [0.29, 0.717) is 6.54 Å². The van der Waals surface area contributed by atoms with E-state index < -0.39 is 12.6 Å². The second-order valence-electron chi connectivity index (χ2n) is 6.29. The van der Waals surface area contributed by atoms with Gasteiger partial charge in [0, 0.05) is 18.0 Å². The fourth-order valence-electron chi connectivity index (χ4n) is 3.11. The number of fused-ring (bicyclic) bond motifs is 1. The van der Waals surface area contributed by atoms with Crippen molar-refractivity contribution in [3.63, 3.8) is 0 Å². The van der Waals surface area contributed by atoms with Gasteiger partial charge in [0.25, 0.3) is 5.91 Å². The molecular formula is C22H21ClN2O4. The molecular weight excluding hydrogens is 392 g/mol. The largest absolute Gasteiger partial charge is 0.496 e. The first-order chi connectivity index (χ1) is 14.0. The fourth-order valence-corrected chi connectivity index (χ4v) is 3.27. The number of nitrogens with two attached hydrogens (primary N) is 1. The lowest BCUT2D eigenvalue weighted by atomic mass is 10.1. The van der Waals surface area contributed by atoms with Gasteiger partial charge < -0.3 is 20.1 Å². The van der Waals surface area contributed by atoms with Crippen molar-refractivity contribution in [3.8, 4) is 5.75 Å². The third-order valence-corrected chi connectivity index (χ3v) is 4.87. The number of hydrogen-bond donors (Lipinski definition) is 1. The van der Waals surface area contributed by atoms with Crippen molar-refractivity contribution in [3.05, 3.63) is 65.2 Å². The van der Waals surface area contributed by atoms with Gasteiger partial charge in [-0.25, -0.2) is 4.79 Å². The molecule has 0 aliphatic carbocycles. The Kier molecular flexibility index (Phi) is 6.24. The molecule has 0 heterocycles. The van der Waals surface area contributed by atoms with E-state index in [1.165, 1.54) is 19.2 Å². The van der Waals surface area contributed by atoms with Crippen LogP contribution in [0.2, 0.25) is 5.02 Å². The highest BCUT2D eigenvalue weighted by Crippen LogP contribution is 2.30. The molecule has 3 aromatic rings. The maximum Gasteiger partial charge on any atom is 0.342 e. The zero-order chi connectivity index (χ0) is 21.0. The molecule has 7 heteroatoms. The van der Waals surface area contributed by atoms with E-state index in [0.717, 1.165) is 16.5 Å². The summed E-state index contributed by atoms with van der Waals surface area (Å²) < 4.78 is 10.4. The van der Waals surface area contributed by atoms with Crippen molar-refractivity contribution < 1.29 is 19.1 Å². The summed E-state index contributed by atoms with van der Waals surface area (Å²) in [7, 11) is 1.41. The first-order valence-corrected chi connectivity index (χ1v) is 9.42. The summed E-state index contributed by atoms with van der Waals surface area (Å²) in [5, 5.41) is 2.17. The zero-order valence-corrected chi connectivity index (χ0v) is 16.9. The minimum absolute atomic E-state index is 0.104. The molecule has 29 heavy (non-hydrogen) atoms. The van der Waals surface area contributed by atoms with Crippen LogP contribution in [0.25, 0.3) is 10.8 Å². The van der Waals surface area contributed by atoms with Crippen LogP contribution in [0.4, 0.5) is 11.4 Å². The smallest absolute Gasteiger partial charge is 0.342 e. The molecule has 0 atom stereocenters. The molecule has 0 radical (unpaired) electrons. The number of likely N-dealkylation sites (N-methyl/N-ethyl adjacent to an activating group) is 1. The molecule has 6 nitrogen and oxygen atoms in total. The van der Waals surface area contributed by atoms with Gasteiger partial charge in [-0.15, -0.1) is 0 Å². The van der Waals surface area contributed by atoms with Crippen molar-refractivity contribution >= 4 is 45.6 Å². The monoisotopic (exact) mass is 412 g/mol. The molecule has 0 bridgehead atoms. The summed E-state index contributed by atoms with van der Waals surface area (Å²) in [4.78, 5) is 26.9. The maximum atomic E-state index is 12.8. The number of halogens is 1. The average molecular weight is 413 g/mol. The first-order valence-electron chi connectivity index (χ1n) is 9.04. The maximum absolute atomic E-state index is 12.8. The van der Waals surface area contributed by atoms with Crippen LogP contribution in [0.5, 0.6) is 5.75 Å². The Bertz CT molecular complexity index is 1060. The number of rotatable bonds is 6. The van der Waals surface area contributed by atoms with Gasteiger partial charge in [0.1, 0.15) is 11.3 Å². The summed E-state index contributed by atoms with van der Waals surface area (Å²) in [5.74, 6) is -0.825. The van der Waals surface area contributed by atoms with Gasteiger partial charge in [-0.3, -0.25) is 4.79 Å². The van der Waals surface area contributed by atoms with E-state index in [1.54, 1.807) is 4.90 Å². The van der Waals surface area contributed by atoms with Crippen LogP contribution in [-0.4, -0.2) is 32.1 Å². The number of carbonyl (C=O) groups is 2. The van der Waals surface area contributed by atoms with Crippen molar-refractivity contribution in [2.75, 3.05) is 30.9 Å². The van der Waals surface area contributed by atoms with E-state index in [9.17, 15) is 9.59 Å². The molecule has 0 saturated carbocycles. The number of esters is 1. The first kappa shape index (κ1) is 20.5.